The predicted molar refractivity (Wildman–Crippen MR) is 102 cm³/mol. The summed E-state index contributed by atoms with van der Waals surface area (Å²) in [6.45, 7) is 0.532. The van der Waals surface area contributed by atoms with Crippen molar-refractivity contribution in [3.63, 3.8) is 0 Å². The lowest BCUT2D eigenvalue weighted by molar-refractivity contribution is 0.106. The predicted octanol–water partition coefficient (Wildman–Crippen LogP) is 3.16. The van der Waals surface area contributed by atoms with Gasteiger partial charge in [0.15, 0.2) is 0 Å². The van der Waals surface area contributed by atoms with Crippen molar-refractivity contribution < 1.29 is 9.18 Å². The zero-order valence-electron chi connectivity index (χ0n) is 15.8. The van der Waals surface area contributed by atoms with Crippen LogP contribution in [0.25, 0.3) is 0 Å². The highest BCUT2D eigenvalue weighted by Gasteiger charge is 2.40. The van der Waals surface area contributed by atoms with Gasteiger partial charge in [-0.05, 0) is 50.4 Å². The Balaban J connectivity index is 1.34. The first kappa shape index (κ1) is 18.0. The van der Waals surface area contributed by atoms with Gasteiger partial charge in [0.2, 0.25) is 0 Å². The van der Waals surface area contributed by atoms with Crippen molar-refractivity contribution in [1.29, 1.82) is 0 Å². The first-order chi connectivity index (χ1) is 13.0. The number of piperidine rings is 1. The molecule has 1 N–H and O–H groups in total. The summed E-state index contributed by atoms with van der Waals surface area (Å²) in [4.78, 5) is 17.0. The fourth-order valence-corrected chi connectivity index (χ4v) is 4.37. The van der Waals surface area contributed by atoms with E-state index in [2.05, 4.69) is 22.4 Å². The van der Waals surface area contributed by atoms with Crippen molar-refractivity contribution in [3.8, 4) is 0 Å². The number of hydrogen-bond acceptors (Lipinski definition) is 3. The van der Waals surface area contributed by atoms with Crippen LogP contribution in [0.1, 0.15) is 31.2 Å². The smallest absolute Gasteiger partial charge is 0.321 e. The van der Waals surface area contributed by atoms with E-state index in [0.29, 0.717) is 24.3 Å². The fourth-order valence-electron chi connectivity index (χ4n) is 4.37. The van der Waals surface area contributed by atoms with Gasteiger partial charge in [-0.25, -0.2) is 9.18 Å². The summed E-state index contributed by atoms with van der Waals surface area (Å²) >= 11 is 0. The minimum atomic E-state index is -0.252. The number of anilines is 1. The summed E-state index contributed by atoms with van der Waals surface area (Å²) in [5.74, 6) is -0.252. The van der Waals surface area contributed by atoms with Crippen LogP contribution < -0.4 is 5.32 Å². The van der Waals surface area contributed by atoms with Gasteiger partial charge in [0.1, 0.15) is 5.82 Å². The third-order valence-corrected chi connectivity index (χ3v) is 6.08. The molecule has 1 aromatic heterocycles. The summed E-state index contributed by atoms with van der Waals surface area (Å²) in [5, 5.41) is 7.23. The molecule has 2 aliphatic heterocycles. The van der Waals surface area contributed by atoms with Crippen molar-refractivity contribution >= 4 is 11.7 Å². The highest BCUT2D eigenvalue weighted by molar-refractivity contribution is 5.89. The largest absolute Gasteiger partial charge is 0.324 e. The van der Waals surface area contributed by atoms with Crippen molar-refractivity contribution in [2.75, 3.05) is 19.4 Å². The van der Waals surface area contributed by atoms with E-state index < -0.39 is 0 Å². The van der Waals surface area contributed by atoms with E-state index >= 15 is 0 Å². The number of halogens is 1. The zero-order valence-corrected chi connectivity index (χ0v) is 15.8. The molecule has 0 radical (unpaired) electrons. The molecule has 2 fully saturated rings. The molecule has 2 aromatic rings. The standard InChI is InChI=1S/C20H26FN5O/c1-24-17-7-8-18(24)10-19(9-17)25(2)20(27)23-16-11-22-26(13-16)12-14-3-5-15(21)6-4-14/h3-6,11,13,17-19H,7-10,12H2,1-2H3,(H,23,27). The molecule has 7 heteroatoms. The Labute approximate surface area is 158 Å². The Morgan fingerprint density at radius 3 is 2.59 bits per heavy atom. The van der Waals surface area contributed by atoms with E-state index in [1.54, 1.807) is 29.2 Å². The molecule has 0 saturated carbocycles. The first-order valence-corrected chi connectivity index (χ1v) is 9.52. The van der Waals surface area contributed by atoms with Crippen LogP contribution in [0.15, 0.2) is 36.7 Å². The normalized spacial score (nSPS) is 24.8. The lowest BCUT2D eigenvalue weighted by Gasteiger charge is -2.40. The van der Waals surface area contributed by atoms with E-state index in [1.807, 2.05) is 11.9 Å². The van der Waals surface area contributed by atoms with Gasteiger partial charge in [-0.1, -0.05) is 12.1 Å². The molecule has 0 spiro atoms. The van der Waals surface area contributed by atoms with Gasteiger partial charge >= 0.3 is 6.03 Å². The van der Waals surface area contributed by atoms with Crippen molar-refractivity contribution in [1.82, 2.24) is 19.6 Å². The van der Waals surface area contributed by atoms with E-state index in [0.717, 1.165) is 18.4 Å². The Morgan fingerprint density at radius 1 is 1.26 bits per heavy atom. The monoisotopic (exact) mass is 371 g/mol. The maximum absolute atomic E-state index is 13.0. The third-order valence-electron chi connectivity index (χ3n) is 6.08. The van der Waals surface area contributed by atoms with Crippen LogP contribution in [-0.2, 0) is 6.54 Å². The van der Waals surface area contributed by atoms with Gasteiger partial charge in [-0.2, -0.15) is 5.10 Å². The Morgan fingerprint density at radius 2 is 1.93 bits per heavy atom. The summed E-state index contributed by atoms with van der Waals surface area (Å²) < 4.78 is 14.7. The Hall–Kier alpha value is -2.41. The molecule has 27 heavy (non-hydrogen) atoms. The number of benzene rings is 1. The number of urea groups is 1. The van der Waals surface area contributed by atoms with Crippen LogP contribution in [0.5, 0.6) is 0 Å². The molecule has 2 aliphatic rings. The second-order valence-electron chi connectivity index (χ2n) is 7.77. The molecule has 6 nitrogen and oxygen atoms in total. The molecular weight excluding hydrogens is 345 g/mol. The van der Waals surface area contributed by atoms with E-state index in [4.69, 9.17) is 0 Å². The lowest BCUT2D eigenvalue weighted by atomic mass is 9.97. The highest BCUT2D eigenvalue weighted by Crippen LogP contribution is 2.36. The van der Waals surface area contributed by atoms with Crippen LogP contribution in [0.4, 0.5) is 14.9 Å². The molecule has 144 valence electrons. The maximum atomic E-state index is 13.0. The molecule has 3 heterocycles. The minimum absolute atomic E-state index is 0.0923. The van der Waals surface area contributed by atoms with Gasteiger partial charge in [-0.15, -0.1) is 0 Å². The van der Waals surface area contributed by atoms with Crippen molar-refractivity contribution in [2.24, 2.45) is 0 Å². The van der Waals surface area contributed by atoms with Crippen LogP contribution in [0, 0.1) is 5.82 Å². The van der Waals surface area contributed by atoms with Crippen LogP contribution in [0.3, 0.4) is 0 Å². The minimum Gasteiger partial charge on any atom is -0.324 e. The number of carbonyl (C=O) groups excluding carboxylic acids is 1. The topological polar surface area (TPSA) is 53.4 Å². The molecule has 2 bridgehead atoms. The summed E-state index contributed by atoms with van der Waals surface area (Å²) in [5.41, 5.74) is 1.63. The van der Waals surface area contributed by atoms with E-state index in [9.17, 15) is 9.18 Å². The van der Waals surface area contributed by atoms with Gasteiger partial charge in [0, 0.05) is 31.4 Å². The number of carbonyl (C=O) groups is 1. The van der Waals surface area contributed by atoms with Crippen molar-refractivity contribution in [2.45, 2.75) is 50.4 Å². The molecule has 2 atom stereocenters. The summed E-state index contributed by atoms with van der Waals surface area (Å²) in [7, 11) is 4.09. The van der Waals surface area contributed by atoms with E-state index in [-0.39, 0.29) is 17.9 Å². The quantitative estimate of drug-likeness (QED) is 0.898. The Kier molecular flexibility index (Phi) is 4.86. The molecule has 4 rings (SSSR count). The fraction of sp³-hybridized carbons (Fsp3) is 0.500. The lowest BCUT2D eigenvalue weighted by Crippen LogP contribution is -2.50. The average molecular weight is 371 g/mol. The number of fused-ring (bicyclic) bond motifs is 2. The number of nitrogens with zero attached hydrogens (tertiary/aromatic N) is 4. The SMILES string of the molecule is CN(C(=O)Nc1cnn(Cc2ccc(F)cc2)c1)C1CC2CCC(C1)N2C. The highest BCUT2D eigenvalue weighted by atomic mass is 19.1. The van der Waals surface area contributed by atoms with Crippen LogP contribution in [-0.4, -0.2) is 57.8 Å². The van der Waals surface area contributed by atoms with Gasteiger partial charge in [-0.3, -0.25) is 4.68 Å². The molecule has 2 amide bonds. The van der Waals surface area contributed by atoms with Gasteiger partial charge in [0.05, 0.1) is 18.4 Å². The second-order valence-corrected chi connectivity index (χ2v) is 7.77. The van der Waals surface area contributed by atoms with Gasteiger partial charge < -0.3 is 15.1 Å². The second kappa shape index (κ2) is 7.31. The number of hydrogen-bond donors (Lipinski definition) is 1. The average Bonchev–Trinajstić information content (AvgIpc) is 3.15. The van der Waals surface area contributed by atoms with Crippen LogP contribution >= 0.6 is 0 Å². The number of rotatable bonds is 4. The maximum Gasteiger partial charge on any atom is 0.321 e. The number of amides is 2. The molecular formula is C20H26FN5O. The first-order valence-electron chi connectivity index (χ1n) is 9.52. The molecule has 0 aliphatic carbocycles. The zero-order chi connectivity index (χ0) is 19.0. The summed E-state index contributed by atoms with van der Waals surface area (Å²) in [6.07, 6.45) is 8.01. The summed E-state index contributed by atoms with van der Waals surface area (Å²) in [6, 6.07) is 7.73. The van der Waals surface area contributed by atoms with Crippen molar-refractivity contribution in [3.05, 3.63) is 48.0 Å². The van der Waals surface area contributed by atoms with E-state index in [1.165, 1.54) is 25.0 Å². The number of nitrogens with one attached hydrogen (secondary N) is 1. The molecule has 2 saturated heterocycles. The molecule has 1 aromatic carbocycles. The van der Waals surface area contributed by atoms with Gasteiger partial charge in [0.25, 0.3) is 0 Å². The molecule has 2 unspecified atom stereocenters. The van der Waals surface area contributed by atoms with Crippen LogP contribution in [0.2, 0.25) is 0 Å². The Bertz CT molecular complexity index is 791. The third kappa shape index (κ3) is 3.83. The number of aromatic nitrogens is 2.